The lowest BCUT2D eigenvalue weighted by Crippen LogP contribution is -2.20. The van der Waals surface area contributed by atoms with E-state index in [4.69, 9.17) is 0 Å². The Labute approximate surface area is 123 Å². The molecule has 0 spiro atoms. The van der Waals surface area contributed by atoms with E-state index in [9.17, 15) is 23.7 Å². The maximum Gasteiger partial charge on any atom is 0.319 e. The molecule has 2 aromatic rings. The Hall–Kier alpha value is -2.84. The van der Waals surface area contributed by atoms with Gasteiger partial charge in [-0.15, -0.1) is 0 Å². The number of rotatable bonds is 5. The molecular weight excluding hydrogens is 298 g/mol. The second-order valence-corrected chi connectivity index (χ2v) is 4.45. The molecule has 0 saturated carbocycles. The van der Waals surface area contributed by atoms with E-state index < -0.39 is 35.2 Å². The van der Waals surface area contributed by atoms with Crippen LogP contribution in [0.15, 0.2) is 30.3 Å². The summed E-state index contributed by atoms with van der Waals surface area (Å²) in [5.41, 5.74) is -1.26. The van der Waals surface area contributed by atoms with Crippen LogP contribution in [0.4, 0.5) is 20.2 Å². The zero-order chi connectivity index (χ0) is 16.3. The second-order valence-electron chi connectivity index (χ2n) is 4.45. The lowest BCUT2D eigenvalue weighted by molar-refractivity contribution is -0.386. The number of alkyl halides is 2. The largest absolute Gasteiger partial charge is 0.324 e. The minimum absolute atomic E-state index is 0.0940. The number of aromatic nitrogens is 2. The van der Waals surface area contributed by atoms with Gasteiger partial charge in [-0.1, -0.05) is 18.2 Å². The second kappa shape index (κ2) is 6.29. The Morgan fingerprint density at radius 1 is 1.41 bits per heavy atom. The summed E-state index contributed by atoms with van der Waals surface area (Å²) in [7, 11) is 0. The van der Waals surface area contributed by atoms with Crippen LogP contribution in [-0.2, 0) is 11.3 Å². The lowest BCUT2D eigenvalue weighted by atomic mass is 10.3. The molecule has 0 unspecified atom stereocenters. The molecule has 22 heavy (non-hydrogen) atoms. The molecule has 1 aromatic carbocycles. The predicted octanol–water partition coefficient (Wildman–Crippen LogP) is 2.68. The molecular formula is C13H12F2N4O3. The Morgan fingerprint density at radius 3 is 2.55 bits per heavy atom. The smallest absolute Gasteiger partial charge is 0.319 e. The topological polar surface area (TPSA) is 90.1 Å². The first kappa shape index (κ1) is 15.5. The first-order chi connectivity index (χ1) is 10.4. The fourth-order valence-corrected chi connectivity index (χ4v) is 1.94. The summed E-state index contributed by atoms with van der Waals surface area (Å²) in [4.78, 5) is 21.8. The van der Waals surface area contributed by atoms with Crippen molar-refractivity contribution in [3.8, 4) is 0 Å². The molecule has 116 valence electrons. The quantitative estimate of drug-likeness (QED) is 0.679. The van der Waals surface area contributed by atoms with Crippen molar-refractivity contribution in [2.75, 3.05) is 5.32 Å². The summed E-state index contributed by atoms with van der Waals surface area (Å²) in [6.45, 7) is 0.876. The highest BCUT2D eigenvalue weighted by molar-refractivity contribution is 5.90. The van der Waals surface area contributed by atoms with E-state index in [1.807, 2.05) is 0 Å². The van der Waals surface area contributed by atoms with E-state index in [0.29, 0.717) is 5.69 Å². The molecule has 7 nitrogen and oxygen atoms in total. The Kier molecular flexibility index (Phi) is 4.44. The van der Waals surface area contributed by atoms with Crippen LogP contribution in [0.1, 0.15) is 17.8 Å². The van der Waals surface area contributed by atoms with Crippen molar-refractivity contribution >= 4 is 17.3 Å². The number of benzene rings is 1. The highest BCUT2D eigenvalue weighted by atomic mass is 19.3. The van der Waals surface area contributed by atoms with Crippen LogP contribution in [-0.4, -0.2) is 20.6 Å². The standard InChI is InChI=1S/C13H12F2N4O3/c1-8-12(19(21)22)11(13(14)15)17-18(8)7-10(20)16-9-5-3-2-4-6-9/h2-6,13H,7H2,1H3,(H,16,20). The van der Waals surface area contributed by atoms with Gasteiger partial charge in [0.1, 0.15) is 12.2 Å². The number of anilines is 1. The molecule has 0 saturated heterocycles. The maximum atomic E-state index is 12.8. The van der Waals surface area contributed by atoms with E-state index in [1.165, 1.54) is 6.92 Å². The molecule has 9 heteroatoms. The molecule has 1 N–H and O–H groups in total. The number of nitrogens with zero attached hydrogens (tertiary/aromatic N) is 3. The summed E-state index contributed by atoms with van der Waals surface area (Å²) >= 11 is 0. The average molecular weight is 310 g/mol. The van der Waals surface area contributed by atoms with Crippen LogP contribution in [0.3, 0.4) is 0 Å². The van der Waals surface area contributed by atoms with E-state index in [0.717, 1.165) is 4.68 Å². The van der Waals surface area contributed by atoms with Crippen molar-refractivity contribution < 1.29 is 18.5 Å². The number of nitro groups is 1. The van der Waals surface area contributed by atoms with E-state index >= 15 is 0 Å². The van der Waals surface area contributed by atoms with Gasteiger partial charge < -0.3 is 5.32 Å². The third kappa shape index (κ3) is 3.25. The van der Waals surface area contributed by atoms with Gasteiger partial charge in [-0.3, -0.25) is 19.6 Å². The van der Waals surface area contributed by atoms with Crippen LogP contribution in [0.5, 0.6) is 0 Å². The lowest BCUT2D eigenvalue weighted by Gasteiger charge is -2.06. The molecule has 0 aliphatic heterocycles. The molecule has 0 radical (unpaired) electrons. The van der Waals surface area contributed by atoms with Gasteiger partial charge in [0.2, 0.25) is 11.6 Å². The van der Waals surface area contributed by atoms with Crippen molar-refractivity contribution in [3.05, 3.63) is 51.8 Å². The van der Waals surface area contributed by atoms with Crippen molar-refractivity contribution in [2.24, 2.45) is 0 Å². The fraction of sp³-hybridized carbons (Fsp3) is 0.231. The number of para-hydroxylation sites is 1. The van der Waals surface area contributed by atoms with Crippen LogP contribution >= 0.6 is 0 Å². The number of nitrogens with one attached hydrogen (secondary N) is 1. The molecule has 0 aliphatic carbocycles. The summed E-state index contributed by atoms with van der Waals surface area (Å²) in [6.07, 6.45) is -3.09. The third-order valence-electron chi connectivity index (χ3n) is 2.94. The van der Waals surface area contributed by atoms with Crippen molar-refractivity contribution in [2.45, 2.75) is 19.9 Å². The van der Waals surface area contributed by atoms with Crippen LogP contribution < -0.4 is 5.32 Å². The molecule has 0 bridgehead atoms. The Bertz CT molecular complexity index is 701. The van der Waals surface area contributed by atoms with Gasteiger partial charge in [0.25, 0.3) is 6.43 Å². The van der Waals surface area contributed by atoms with Crippen LogP contribution in [0.25, 0.3) is 0 Å². The monoisotopic (exact) mass is 310 g/mol. The maximum absolute atomic E-state index is 12.8. The highest BCUT2D eigenvalue weighted by Gasteiger charge is 2.31. The van der Waals surface area contributed by atoms with Crippen molar-refractivity contribution in [1.82, 2.24) is 9.78 Å². The number of carbonyl (C=O) groups is 1. The summed E-state index contributed by atoms with van der Waals surface area (Å²) < 4.78 is 26.5. The first-order valence-corrected chi connectivity index (χ1v) is 6.25. The minimum atomic E-state index is -3.09. The molecule has 1 amide bonds. The van der Waals surface area contributed by atoms with Gasteiger partial charge in [-0.05, 0) is 19.1 Å². The number of carbonyl (C=O) groups excluding carboxylic acids is 1. The van der Waals surface area contributed by atoms with Gasteiger partial charge in [-0.25, -0.2) is 8.78 Å². The molecule has 0 fully saturated rings. The van der Waals surface area contributed by atoms with Gasteiger partial charge >= 0.3 is 5.69 Å². The predicted molar refractivity (Wildman–Crippen MR) is 73.6 cm³/mol. The molecule has 0 atom stereocenters. The van der Waals surface area contributed by atoms with Crippen molar-refractivity contribution in [3.63, 3.8) is 0 Å². The molecule has 1 aromatic heterocycles. The Morgan fingerprint density at radius 2 is 2.05 bits per heavy atom. The van der Waals surface area contributed by atoms with Gasteiger partial charge in [-0.2, -0.15) is 5.10 Å². The third-order valence-corrected chi connectivity index (χ3v) is 2.94. The summed E-state index contributed by atoms with van der Waals surface area (Å²) in [5, 5.41) is 16.9. The van der Waals surface area contributed by atoms with Gasteiger partial charge in [0.15, 0.2) is 0 Å². The summed E-state index contributed by atoms with van der Waals surface area (Å²) in [5.74, 6) is -0.521. The summed E-state index contributed by atoms with van der Waals surface area (Å²) in [6, 6.07) is 8.51. The Balaban J connectivity index is 2.21. The van der Waals surface area contributed by atoms with Crippen LogP contribution in [0, 0.1) is 17.0 Å². The SMILES string of the molecule is Cc1c([N+](=O)[O-])c(C(F)F)nn1CC(=O)Nc1ccccc1. The van der Waals surface area contributed by atoms with Crippen molar-refractivity contribution in [1.29, 1.82) is 0 Å². The highest BCUT2D eigenvalue weighted by Crippen LogP contribution is 2.30. The zero-order valence-electron chi connectivity index (χ0n) is 11.5. The van der Waals surface area contributed by atoms with Gasteiger partial charge in [0, 0.05) is 5.69 Å². The van der Waals surface area contributed by atoms with Gasteiger partial charge in [0.05, 0.1) is 4.92 Å². The van der Waals surface area contributed by atoms with Crippen LogP contribution in [0.2, 0.25) is 0 Å². The molecule has 0 aliphatic rings. The van der Waals surface area contributed by atoms with E-state index in [1.54, 1.807) is 30.3 Å². The molecule has 1 heterocycles. The first-order valence-electron chi connectivity index (χ1n) is 6.25. The fourth-order valence-electron chi connectivity index (χ4n) is 1.94. The molecule has 2 rings (SSSR count). The minimum Gasteiger partial charge on any atom is -0.324 e. The average Bonchev–Trinajstić information content (AvgIpc) is 2.77. The number of halogens is 2. The number of amides is 1. The number of hydrogen-bond acceptors (Lipinski definition) is 4. The zero-order valence-corrected chi connectivity index (χ0v) is 11.5. The number of hydrogen-bond donors (Lipinski definition) is 1. The van der Waals surface area contributed by atoms with E-state index in [-0.39, 0.29) is 5.69 Å². The van der Waals surface area contributed by atoms with E-state index in [2.05, 4.69) is 10.4 Å². The normalized spacial score (nSPS) is 10.7.